The lowest BCUT2D eigenvalue weighted by molar-refractivity contribution is 0.790. The topological polar surface area (TPSA) is 69.1 Å². The van der Waals surface area contributed by atoms with Crippen molar-refractivity contribution in [1.82, 2.24) is 19.6 Å². The van der Waals surface area contributed by atoms with Gasteiger partial charge in [0.1, 0.15) is 5.69 Å². The molecule has 3 aromatic heterocycles. The molecule has 0 saturated heterocycles. The molecule has 0 aromatic carbocycles. The Morgan fingerprint density at radius 1 is 1.17 bits per heavy atom. The van der Waals surface area contributed by atoms with E-state index in [-0.39, 0.29) is 6.04 Å². The summed E-state index contributed by atoms with van der Waals surface area (Å²) < 4.78 is 1.78. The predicted molar refractivity (Wildman–Crippen MR) is 68.8 cm³/mol. The van der Waals surface area contributed by atoms with Gasteiger partial charge < -0.3 is 5.73 Å². The first-order valence-electron chi connectivity index (χ1n) is 5.78. The molecule has 18 heavy (non-hydrogen) atoms. The minimum absolute atomic E-state index is 0.163. The fourth-order valence-electron chi connectivity index (χ4n) is 1.97. The van der Waals surface area contributed by atoms with Gasteiger partial charge in [0.15, 0.2) is 5.65 Å². The molecule has 0 radical (unpaired) electrons. The molecule has 0 amide bonds. The zero-order valence-corrected chi connectivity index (χ0v) is 9.99. The van der Waals surface area contributed by atoms with E-state index in [4.69, 9.17) is 5.73 Å². The first-order chi connectivity index (χ1) is 8.77. The van der Waals surface area contributed by atoms with Crippen LogP contribution < -0.4 is 5.73 Å². The molecule has 5 heteroatoms. The third-order valence-electron chi connectivity index (χ3n) is 2.76. The molecule has 2 N–H and O–H groups in total. The molecular formula is C13H13N5. The fourth-order valence-corrected chi connectivity index (χ4v) is 1.97. The number of imidazole rings is 1. The van der Waals surface area contributed by atoms with Gasteiger partial charge in [-0.3, -0.25) is 4.98 Å². The Hall–Kier alpha value is -2.27. The highest BCUT2D eigenvalue weighted by Gasteiger charge is 2.18. The molecule has 0 aliphatic heterocycles. The Kier molecular flexibility index (Phi) is 2.53. The van der Waals surface area contributed by atoms with Crippen LogP contribution in [0.5, 0.6) is 0 Å². The Morgan fingerprint density at radius 3 is 2.78 bits per heavy atom. The lowest BCUT2D eigenvalue weighted by Crippen LogP contribution is -2.07. The summed E-state index contributed by atoms with van der Waals surface area (Å²) in [6.07, 6.45) is 3.48. The quantitative estimate of drug-likeness (QED) is 0.740. The normalized spacial score (nSPS) is 12.8. The minimum atomic E-state index is -0.163. The Balaban J connectivity index is 2.35. The molecule has 90 valence electrons. The fraction of sp³-hybridized carbons (Fsp3) is 0.154. The van der Waals surface area contributed by atoms with Crippen LogP contribution in [0, 0.1) is 0 Å². The molecule has 0 bridgehead atoms. The third kappa shape index (κ3) is 1.65. The van der Waals surface area contributed by atoms with Crippen LogP contribution in [0.25, 0.3) is 17.0 Å². The van der Waals surface area contributed by atoms with E-state index in [1.807, 2.05) is 37.3 Å². The van der Waals surface area contributed by atoms with E-state index < -0.39 is 0 Å². The molecule has 5 nitrogen and oxygen atoms in total. The zero-order valence-electron chi connectivity index (χ0n) is 9.99. The highest BCUT2D eigenvalue weighted by Crippen LogP contribution is 2.25. The average molecular weight is 239 g/mol. The molecule has 0 saturated carbocycles. The second-order valence-corrected chi connectivity index (χ2v) is 4.14. The van der Waals surface area contributed by atoms with E-state index in [1.165, 1.54) is 0 Å². The van der Waals surface area contributed by atoms with Gasteiger partial charge in [-0.25, -0.2) is 9.50 Å². The van der Waals surface area contributed by atoms with Gasteiger partial charge in [-0.15, -0.1) is 0 Å². The SMILES string of the molecule is C[C@H](N)c1nc2cccnn2c1-c1ccccn1. The van der Waals surface area contributed by atoms with Crippen molar-refractivity contribution in [2.45, 2.75) is 13.0 Å². The number of fused-ring (bicyclic) bond motifs is 1. The number of aromatic nitrogens is 4. The Bertz CT molecular complexity index is 672. The van der Waals surface area contributed by atoms with Gasteiger partial charge in [-0.1, -0.05) is 6.07 Å². The van der Waals surface area contributed by atoms with Crippen molar-refractivity contribution >= 4 is 5.65 Å². The van der Waals surface area contributed by atoms with Gasteiger partial charge in [0.2, 0.25) is 0 Å². The van der Waals surface area contributed by atoms with Crippen LogP contribution in [0.4, 0.5) is 0 Å². The summed E-state index contributed by atoms with van der Waals surface area (Å²) in [4.78, 5) is 8.88. The van der Waals surface area contributed by atoms with E-state index in [2.05, 4.69) is 15.1 Å². The third-order valence-corrected chi connectivity index (χ3v) is 2.76. The molecule has 0 aliphatic rings. The number of nitrogens with two attached hydrogens (primary N) is 1. The van der Waals surface area contributed by atoms with E-state index in [0.29, 0.717) is 0 Å². The van der Waals surface area contributed by atoms with Crippen molar-refractivity contribution in [2.75, 3.05) is 0 Å². The summed E-state index contributed by atoms with van der Waals surface area (Å²) in [7, 11) is 0. The molecule has 0 aliphatic carbocycles. The minimum Gasteiger partial charge on any atom is -0.323 e. The van der Waals surface area contributed by atoms with E-state index in [1.54, 1.807) is 16.9 Å². The van der Waals surface area contributed by atoms with Crippen LogP contribution >= 0.6 is 0 Å². The molecular weight excluding hydrogens is 226 g/mol. The summed E-state index contributed by atoms with van der Waals surface area (Å²) >= 11 is 0. The van der Waals surface area contributed by atoms with Crippen LogP contribution in [0.3, 0.4) is 0 Å². The highest BCUT2D eigenvalue weighted by atomic mass is 15.3. The van der Waals surface area contributed by atoms with E-state index >= 15 is 0 Å². The summed E-state index contributed by atoms with van der Waals surface area (Å²) in [6.45, 7) is 1.91. The first kappa shape index (κ1) is 10.9. The lowest BCUT2D eigenvalue weighted by Gasteiger charge is -2.05. The van der Waals surface area contributed by atoms with Crippen LogP contribution in [0.15, 0.2) is 42.7 Å². The van der Waals surface area contributed by atoms with Crippen molar-refractivity contribution in [3.63, 3.8) is 0 Å². The smallest absolute Gasteiger partial charge is 0.154 e. The number of nitrogens with zero attached hydrogens (tertiary/aromatic N) is 4. The largest absolute Gasteiger partial charge is 0.323 e. The van der Waals surface area contributed by atoms with E-state index in [9.17, 15) is 0 Å². The van der Waals surface area contributed by atoms with Gasteiger partial charge in [-0.05, 0) is 31.2 Å². The first-order valence-corrected chi connectivity index (χ1v) is 5.78. The van der Waals surface area contributed by atoms with Gasteiger partial charge in [0.05, 0.1) is 11.4 Å². The predicted octanol–water partition coefficient (Wildman–Crippen LogP) is 1.81. The molecule has 0 fully saturated rings. The standard InChI is InChI=1S/C13H13N5/c1-9(14)12-13(10-5-2-3-7-15-10)18-11(17-12)6-4-8-16-18/h2-9H,14H2,1H3/t9-/m0/s1. The molecule has 0 unspecified atom stereocenters. The van der Waals surface area contributed by atoms with Gasteiger partial charge in [0.25, 0.3) is 0 Å². The number of pyridine rings is 1. The maximum absolute atomic E-state index is 5.98. The second-order valence-electron chi connectivity index (χ2n) is 4.14. The van der Waals surface area contributed by atoms with Crippen LogP contribution in [-0.2, 0) is 0 Å². The van der Waals surface area contributed by atoms with Crippen molar-refractivity contribution in [2.24, 2.45) is 5.73 Å². The second kappa shape index (κ2) is 4.19. The molecule has 3 heterocycles. The maximum Gasteiger partial charge on any atom is 0.154 e. The monoisotopic (exact) mass is 239 g/mol. The highest BCUT2D eigenvalue weighted by molar-refractivity contribution is 5.63. The van der Waals surface area contributed by atoms with Gasteiger partial charge >= 0.3 is 0 Å². The molecule has 1 atom stereocenters. The van der Waals surface area contributed by atoms with Crippen molar-refractivity contribution in [3.05, 3.63) is 48.4 Å². The Labute approximate surface area is 104 Å². The average Bonchev–Trinajstić information content (AvgIpc) is 2.79. The van der Waals surface area contributed by atoms with Crippen LogP contribution in [-0.4, -0.2) is 19.6 Å². The summed E-state index contributed by atoms with van der Waals surface area (Å²) in [5.74, 6) is 0. The van der Waals surface area contributed by atoms with Crippen molar-refractivity contribution in [3.8, 4) is 11.4 Å². The summed E-state index contributed by atoms with van der Waals surface area (Å²) in [5.41, 5.74) is 9.27. The van der Waals surface area contributed by atoms with Gasteiger partial charge in [0, 0.05) is 18.4 Å². The number of rotatable bonds is 2. The number of hydrogen-bond acceptors (Lipinski definition) is 4. The van der Waals surface area contributed by atoms with Crippen molar-refractivity contribution < 1.29 is 0 Å². The maximum atomic E-state index is 5.98. The van der Waals surface area contributed by atoms with E-state index in [0.717, 1.165) is 22.7 Å². The molecule has 3 aromatic rings. The summed E-state index contributed by atoms with van der Waals surface area (Å²) in [6, 6.07) is 9.36. The molecule has 0 spiro atoms. The van der Waals surface area contributed by atoms with Crippen LogP contribution in [0.2, 0.25) is 0 Å². The van der Waals surface area contributed by atoms with Crippen molar-refractivity contribution in [1.29, 1.82) is 0 Å². The Morgan fingerprint density at radius 2 is 2.06 bits per heavy atom. The number of hydrogen-bond donors (Lipinski definition) is 1. The van der Waals surface area contributed by atoms with Crippen LogP contribution in [0.1, 0.15) is 18.7 Å². The van der Waals surface area contributed by atoms with Gasteiger partial charge in [-0.2, -0.15) is 5.10 Å². The lowest BCUT2D eigenvalue weighted by atomic mass is 10.1. The zero-order chi connectivity index (χ0) is 12.5. The summed E-state index contributed by atoms with van der Waals surface area (Å²) in [5, 5.41) is 4.32. The molecule has 3 rings (SSSR count).